The Hall–Kier alpha value is -2.54. The molecular formula is C21H25NO5S. The molecule has 0 atom stereocenters. The highest BCUT2D eigenvalue weighted by atomic mass is 32.2. The molecule has 2 rings (SSSR count). The topological polar surface area (TPSA) is 85.5 Å². The van der Waals surface area contributed by atoms with Gasteiger partial charge < -0.3 is 14.5 Å². The first-order valence-electron chi connectivity index (χ1n) is 8.99. The molecule has 6 nitrogen and oxygen atoms in total. The second-order valence-electron chi connectivity index (χ2n) is 6.46. The van der Waals surface area contributed by atoms with Crippen molar-refractivity contribution in [3.05, 3.63) is 51.8 Å². The molecule has 28 heavy (non-hydrogen) atoms. The number of nitrogens with one attached hydrogen (secondary N) is 1. The van der Waals surface area contributed by atoms with Gasteiger partial charge in [0, 0.05) is 16.3 Å². The van der Waals surface area contributed by atoms with E-state index in [1.165, 1.54) is 17.3 Å². The number of Topliss-reactive ketones (excluding diaryl/α,β-unsaturated/α-hetero) is 1. The van der Waals surface area contributed by atoms with Crippen LogP contribution in [-0.4, -0.2) is 41.7 Å². The highest BCUT2D eigenvalue weighted by Crippen LogP contribution is 2.22. The van der Waals surface area contributed by atoms with Crippen molar-refractivity contribution in [2.75, 3.05) is 19.0 Å². The minimum absolute atomic E-state index is 0.103. The predicted molar refractivity (Wildman–Crippen MR) is 108 cm³/mol. The summed E-state index contributed by atoms with van der Waals surface area (Å²) in [5.41, 5.74) is 3.85. The summed E-state index contributed by atoms with van der Waals surface area (Å²) in [4.78, 5) is 40.7. The quantitative estimate of drug-likeness (QED) is 0.408. The Bertz CT molecular complexity index is 900. The second-order valence-corrected chi connectivity index (χ2v) is 7.51. The number of H-pyrrole nitrogens is 1. The fraction of sp³-hybridized carbons (Fsp3) is 0.381. The van der Waals surface area contributed by atoms with Gasteiger partial charge in [-0.2, -0.15) is 0 Å². The van der Waals surface area contributed by atoms with Gasteiger partial charge in [0.05, 0.1) is 23.5 Å². The van der Waals surface area contributed by atoms with Crippen LogP contribution in [0.25, 0.3) is 0 Å². The zero-order valence-electron chi connectivity index (χ0n) is 16.8. The maximum atomic E-state index is 12.6. The Labute approximate surface area is 169 Å². The van der Waals surface area contributed by atoms with Crippen molar-refractivity contribution in [3.8, 4) is 0 Å². The van der Waals surface area contributed by atoms with Gasteiger partial charge in [-0.05, 0) is 57.9 Å². The van der Waals surface area contributed by atoms with Crippen molar-refractivity contribution in [2.24, 2.45) is 0 Å². The number of ether oxygens (including phenoxy) is 2. The Balaban J connectivity index is 1.97. The summed E-state index contributed by atoms with van der Waals surface area (Å²) < 4.78 is 10.1. The predicted octanol–water partition coefficient (Wildman–Crippen LogP) is 3.94. The number of carbonyl (C=O) groups is 3. The number of hydrogen-bond donors (Lipinski definition) is 1. The van der Waals surface area contributed by atoms with E-state index in [4.69, 9.17) is 9.47 Å². The van der Waals surface area contributed by atoms with Crippen LogP contribution in [0.3, 0.4) is 0 Å². The van der Waals surface area contributed by atoms with Crippen LogP contribution >= 0.6 is 11.8 Å². The molecular weight excluding hydrogens is 378 g/mol. The van der Waals surface area contributed by atoms with E-state index in [1.807, 2.05) is 32.0 Å². The summed E-state index contributed by atoms with van der Waals surface area (Å²) in [6.45, 7) is 8.92. The fourth-order valence-electron chi connectivity index (χ4n) is 2.79. The molecule has 0 aliphatic carbocycles. The molecule has 0 saturated heterocycles. The summed E-state index contributed by atoms with van der Waals surface area (Å²) in [6.07, 6.45) is 0. The summed E-state index contributed by atoms with van der Waals surface area (Å²) in [6, 6.07) is 5.96. The molecule has 0 aliphatic heterocycles. The van der Waals surface area contributed by atoms with E-state index < -0.39 is 24.3 Å². The van der Waals surface area contributed by atoms with Crippen LogP contribution in [0.2, 0.25) is 0 Å². The van der Waals surface area contributed by atoms with E-state index in [-0.39, 0.29) is 23.5 Å². The van der Waals surface area contributed by atoms with Crippen LogP contribution < -0.4 is 0 Å². The number of carbonyl (C=O) groups excluding carboxylic acids is 3. The number of benzene rings is 1. The van der Waals surface area contributed by atoms with Gasteiger partial charge in [-0.3, -0.25) is 9.59 Å². The first kappa shape index (κ1) is 21.8. The summed E-state index contributed by atoms with van der Waals surface area (Å²) >= 11 is 1.35. The Morgan fingerprint density at radius 3 is 2.29 bits per heavy atom. The van der Waals surface area contributed by atoms with Gasteiger partial charge >= 0.3 is 11.9 Å². The molecule has 2 aromatic rings. The van der Waals surface area contributed by atoms with Crippen molar-refractivity contribution in [1.29, 1.82) is 0 Å². The first-order chi connectivity index (χ1) is 13.2. The molecule has 0 saturated carbocycles. The third kappa shape index (κ3) is 5.25. The number of aryl methyl sites for hydroxylation is 4. The Morgan fingerprint density at radius 2 is 1.64 bits per heavy atom. The van der Waals surface area contributed by atoms with Gasteiger partial charge in [-0.15, -0.1) is 11.8 Å². The van der Waals surface area contributed by atoms with Crippen molar-refractivity contribution < 1.29 is 23.9 Å². The van der Waals surface area contributed by atoms with Gasteiger partial charge in [0.15, 0.2) is 6.61 Å². The lowest BCUT2D eigenvalue weighted by Crippen LogP contribution is -2.19. The van der Waals surface area contributed by atoms with Crippen molar-refractivity contribution in [2.45, 2.75) is 39.5 Å². The van der Waals surface area contributed by atoms with Crippen LogP contribution in [0.15, 0.2) is 23.1 Å². The van der Waals surface area contributed by atoms with Gasteiger partial charge in [0.25, 0.3) is 0 Å². The largest absolute Gasteiger partial charge is 0.462 e. The average Bonchev–Trinajstić information content (AvgIpc) is 2.95. The average molecular weight is 404 g/mol. The SMILES string of the molecule is CCOC(=O)c1c(C)[nH]c(C)c1C(=O)COC(=O)CSc1ccc(C)c(C)c1. The summed E-state index contributed by atoms with van der Waals surface area (Å²) in [5.74, 6) is -1.39. The minimum atomic E-state index is -0.565. The van der Waals surface area contributed by atoms with Gasteiger partial charge in [0.1, 0.15) is 0 Å². The van der Waals surface area contributed by atoms with Crippen molar-refractivity contribution in [1.82, 2.24) is 4.98 Å². The number of esters is 2. The molecule has 1 N–H and O–H groups in total. The maximum absolute atomic E-state index is 12.6. The highest BCUT2D eigenvalue weighted by molar-refractivity contribution is 8.00. The number of rotatable bonds is 8. The lowest BCUT2D eigenvalue weighted by molar-refractivity contribution is -0.139. The number of aromatic nitrogens is 1. The van der Waals surface area contributed by atoms with Crippen LogP contribution in [0.5, 0.6) is 0 Å². The number of ketones is 1. The normalized spacial score (nSPS) is 10.6. The number of thioether (sulfide) groups is 1. The molecule has 0 unspecified atom stereocenters. The number of hydrogen-bond acceptors (Lipinski definition) is 6. The lowest BCUT2D eigenvalue weighted by Gasteiger charge is -2.08. The van der Waals surface area contributed by atoms with Gasteiger partial charge in [0.2, 0.25) is 5.78 Å². The zero-order chi connectivity index (χ0) is 20.8. The van der Waals surface area contributed by atoms with Gasteiger partial charge in [-0.25, -0.2) is 4.79 Å². The van der Waals surface area contributed by atoms with Crippen LogP contribution in [0.4, 0.5) is 0 Å². The minimum Gasteiger partial charge on any atom is -0.462 e. The fourth-order valence-corrected chi connectivity index (χ4v) is 3.59. The molecule has 1 heterocycles. The molecule has 150 valence electrons. The third-order valence-corrected chi connectivity index (χ3v) is 5.30. The smallest absolute Gasteiger partial charge is 0.340 e. The Morgan fingerprint density at radius 1 is 0.964 bits per heavy atom. The molecule has 0 bridgehead atoms. The van der Waals surface area contributed by atoms with Crippen LogP contribution in [0.1, 0.15) is 50.2 Å². The molecule has 0 aliphatic rings. The number of aromatic amines is 1. The molecule has 7 heteroatoms. The third-order valence-electron chi connectivity index (χ3n) is 4.33. The van der Waals surface area contributed by atoms with E-state index in [9.17, 15) is 14.4 Å². The van der Waals surface area contributed by atoms with Crippen LogP contribution in [0, 0.1) is 27.7 Å². The molecule has 0 fully saturated rings. The van der Waals surface area contributed by atoms with E-state index in [1.54, 1.807) is 20.8 Å². The van der Waals surface area contributed by atoms with E-state index in [0.29, 0.717) is 11.4 Å². The van der Waals surface area contributed by atoms with Crippen molar-refractivity contribution >= 4 is 29.5 Å². The van der Waals surface area contributed by atoms with E-state index in [2.05, 4.69) is 4.98 Å². The van der Waals surface area contributed by atoms with Crippen molar-refractivity contribution in [3.63, 3.8) is 0 Å². The molecule has 0 spiro atoms. The summed E-state index contributed by atoms with van der Waals surface area (Å²) in [5, 5.41) is 0. The van der Waals surface area contributed by atoms with E-state index >= 15 is 0 Å². The maximum Gasteiger partial charge on any atom is 0.340 e. The second kappa shape index (κ2) is 9.59. The van der Waals surface area contributed by atoms with Gasteiger partial charge in [-0.1, -0.05) is 6.07 Å². The molecule has 1 aromatic heterocycles. The zero-order valence-corrected chi connectivity index (χ0v) is 17.6. The lowest BCUT2D eigenvalue weighted by atomic mass is 10.1. The van der Waals surface area contributed by atoms with Crippen LogP contribution in [-0.2, 0) is 14.3 Å². The molecule has 0 amide bonds. The molecule has 0 radical (unpaired) electrons. The van der Waals surface area contributed by atoms with E-state index in [0.717, 1.165) is 10.5 Å². The standard InChI is InChI=1S/C21H25NO5S/c1-6-26-21(25)20-15(5)22-14(4)19(20)17(23)10-27-18(24)11-28-16-8-7-12(2)13(3)9-16/h7-9,22H,6,10-11H2,1-5H3. The summed E-state index contributed by atoms with van der Waals surface area (Å²) in [7, 11) is 0. The monoisotopic (exact) mass is 403 g/mol. The highest BCUT2D eigenvalue weighted by Gasteiger charge is 2.26. The first-order valence-corrected chi connectivity index (χ1v) is 9.98. The molecule has 1 aromatic carbocycles. The Kier molecular flexibility index (Phi) is 7.45.